The molecule has 2 rings (SSSR count). The summed E-state index contributed by atoms with van der Waals surface area (Å²) >= 11 is 0. The molecule has 1 aliphatic rings. The molecule has 4 heteroatoms. The van der Waals surface area contributed by atoms with E-state index in [0.717, 1.165) is 18.8 Å². The molecule has 0 amide bonds. The number of hydrogen-bond acceptors (Lipinski definition) is 3. The summed E-state index contributed by atoms with van der Waals surface area (Å²) in [6.07, 6.45) is 0. The van der Waals surface area contributed by atoms with E-state index < -0.39 is 5.60 Å². The van der Waals surface area contributed by atoms with Crippen LogP contribution in [-0.2, 0) is 0 Å². The van der Waals surface area contributed by atoms with Crippen molar-refractivity contribution in [3.63, 3.8) is 0 Å². The van der Waals surface area contributed by atoms with E-state index in [9.17, 15) is 9.50 Å². The van der Waals surface area contributed by atoms with Gasteiger partial charge in [0.1, 0.15) is 5.82 Å². The zero-order valence-electron chi connectivity index (χ0n) is 9.41. The highest BCUT2D eigenvalue weighted by Gasteiger charge is 2.26. The quantitative estimate of drug-likeness (QED) is 0.746. The van der Waals surface area contributed by atoms with Gasteiger partial charge in [-0.2, -0.15) is 0 Å². The third kappa shape index (κ3) is 2.71. The number of halogens is 1. The molecule has 3 nitrogen and oxygen atoms in total. The van der Waals surface area contributed by atoms with Crippen molar-refractivity contribution < 1.29 is 9.50 Å². The fraction of sp³-hybridized carbons (Fsp3) is 0.500. The molecular weight excluding hydrogens is 207 g/mol. The summed E-state index contributed by atoms with van der Waals surface area (Å²) in [7, 11) is 0. The van der Waals surface area contributed by atoms with Gasteiger partial charge in [0, 0.05) is 31.9 Å². The maximum atomic E-state index is 13.1. The Hall–Kier alpha value is -1.13. The minimum atomic E-state index is -0.775. The Kier molecular flexibility index (Phi) is 3.12. The van der Waals surface area contributed by atoms with Gasteiger partial charge in [-0.1, -0.05) is 6.07 Å². The lowest BCUT2D eigenvalue weighted by Crippen LogP contribution is -2.43. The van der Waals surface area contributed by atoms with E-state index in [2.05, 4.69) is 5.32 Å². The van der Waals surface area contributed by atoms with Crippen LogP contribution in [0.1, 0.15) is 6.92 Å². The van der Waals surface area contributed by atoms with Gasteiger partial charge in [0.15, 0.2) is 0 Å². The molecule has 1 fully saturated rings. The van der Waals surface area contributed by atoms with Crippen LogP contribution in [0.5, 0.6) is 0 Å². The van der Waals surface area contributed by atoms with Crippen LogP contribution in [0, 0.1) is 5.82 Å². The molecule has 1 unspecified atom stereocenters. The summed E-state index contributed by atoms with van der Waals surface area (Å²) in [5.74, 6) is -0.241. The first-order valence-electron chi connectivity index (χ1n) is 5.50. The first-order valence-corrected chi connectivity index (χ1v) is 5.50. The predicted octanol–water partition coefficient (Wildman–Crippen LogP) is 0.986. The third-order valence-electron chi connectivity index (χ3n) is 2.77. The molecule has 0 bridgehead atoms. The van der Waals surface area contributed by atoms with Crippen molar-refractivity contribution in [3.05, 3.63) is 30.1 Å². The van der Waals surface area contributed by atoms with Gasteiger partial charge >= 0.3 is 0 Å². The Morgan fingerprint density at radius 1 is 1.50 bits per heavy atom. The number of anilines is 1. The monoisotopic (exact) mass is 224 g/mol. The maximum absolute atomic E-state index is 13.1. The van der Waals surface area contributed by atoms with E-state index in [1.54, 1.807) is 13.0 Å². The van der Waals surface area contributed by atoms with Crippen molar-refractivity contribution in [2.45, 2.75) is 12.5 Å². The summed E-state index contributed by atoms with van der Waals surface area (Å²) in [6.45, 7) is 4.45. The second kappa shape index (κ2) is 4.39. The predicted molar refractivity (Wildman–Crippen MR) is 62.1 cm³/mol. The minimum absolute atomic E-state index is 0.241. The van der Waals surface area contributed by atoms with Crippen molar-refractivity contribution in [1.82, 2.24) is 5.32 Å². The van der Waals surface area contributed by atoms with Crippen molar-refractivity contribution in [2.75, 3.05) is 31.1 Å². The summed E-state index contributed by atoms with van der Waals surface area (Å²) in [6, 6.07) is 6.49. The molecule has 1 aromatic rings. The number of hydrogen-bond donors (Lipinski definition) is 2. The lowest BCUT2D eigenvalue weighted by molar-refractivity contribution is 0.0729. The normalized spacial score (nSPS) is 26.6. The van der Waals surface area contributed by atoms with E-state index in [1.807, 2.05) is 11.0 Å². The number of nitrogens with one attached hydrogen (secondary N) is 1. The Bertz CT molecular complexity index is 368. The largest absolute Gasteiger partial charge is 0.387 e. The molecule has 0 spiro atoms. The van der Waals surface area contributed by atoms with Gasteiger partial charge in [-0.05, 0) is 25.1 Å². The zero-order valence-corrected chi connectivity index (χ0v) is 9.41. The summed E-state index contributed by atoms with van der Waals surface area (Å²) in [5, 5.41) is 13.2. The van der Waals surface area contributed by atoms with Gasteiger partial charge in [-0.3, -0.25) is 0 Å². The lowest BCUT2D eigenvalue weighted by Gasteiger charge is -2.29. The smallest absolute Gasteiger partial charge is 0.125 e. The number of rotatable bonds is 1. The van der Waals surface area contributed by atoms with Gasteiger partial charge in [0.05, 0.1) is 5.60 Å². The van der Waals surface area contributed by atoms with Crippen LogP contribution in [-0.4, -0.2) is 36.9 Å². The second-order valence-electron chi connectivity index (χ2n) is 4.58. The first kappa shape index (κ1) is 11.4. The van der Waals surface area contributed by atoms with Gasteiger partial charge in [-0.15, -0.1) is 0 Å². The Morgan fingerprint density at radius 3 is 3.06 bits per heavy atom. The van der Waals surface area contributed by atoms with Gasteiger partial charge in [0.25, 0.3) is 0 Å². The fourth-order valence-corrected chi connectivity index (χ4v) is 2.01. The average molecular weight is 224 g/mol. The van der Waals surface area contributed by atoms with E-state index in [4.69, 9.17) is 0 Å². The Labute approximate surface area is 94.9 Å². The van der Waals surface area contributed by atoms with Crippen LogP contribution < -0.4 is 10.2 Å². The molecule has 1 atom stereocenters. The van der Waals surface area contributed by atoms with E-state index >= 15 is 0 Å². The molecule has 1 aliphatic heterocycles. The highest BCUT2D eigenvalue weighted by atomic mass is 19.1. The van der Waals surface area contributed by atoms with Gasteiger partial charge < -0.3 is 15.3 Å². The van der Waals surface area contributed by atoms with Crippen molar-refractivity contribution in [1.29, 1.82) is 0 Å². The van der Waals surface area contributed by atoms with Crippen LogP contribution in [0.15, 0.2) is 24.3 Å². The third-order valence-corrected chi connectivity index (χ3v) is 2.77. The van der Waals surface area contributed by atoms with E-state index in [1.165, 1.54) is 12.1 Å². The minimum Gasteiger partial charge on any atom is -0.387 e. The highest BCUT2D eigenvalue weighted by molar-refractivity contribution is 5.47. The summed E-state index contributed by atoms with van der Waals surface area (Å²) < 4.78 is 13.1. The number of nitrogens with zero attached hydrogens (tertiary/aromatic N) is 1. The van der Waals surface area contributed by atoms with Crippen molar-refractivity contribution in [2.24, 2.45) is 0 Å². The first-order chi connectivity index (χ1) is 7.57. The van der Waals surface area contributed by atoms with Crippen LogP contribution in [0.4, 0.5) is 10.1 Å². The van der Waals surface area contributed by atoms with Crippen LogP contribution in [0.2, 0.25) is 0 Å². The van der Waals surface area contributed by atoms with E-state index in [-0.39, 0.29) is 5.82 Å². The maximum Gasteiger partial charge on any atom is 0.125 e. The second-order valence-corrected chi connectivity index (χ2v) is 4.58. The molecule has 0 saturated carbocycles. The average Bonchev–Trinajstić information content (AvgIpc) is 2.39. The topological polar surface area (TPSA) is 35.5 Å². The molecular formula is C12H17FN2O. The zero-order chi connectivity index (χ0) is 11.6. The van der Waals surface area contributed by atoms with Crippen LogP contribution in [0.25, 0.3) is 0 Å². The summed E-state index contributed by atoms with van der Waals surface area (Å²) in [4.78, 5) is 2.00. The number of aliphatic hydroxyl groups is 1. The van der Waals surface area contributed by atoms with Crippen LogP contribution >= 0.6 is 0 Å². The molecule has 88 valence electrons. The van der Waals surface area contributed by atoms with E-state index in [0.29, 0.717) is 13.1 Å². The number of benzene rings is 1. The summed E-state index contributed by atoms with van der Waals surface area (Å²) in [5.41, 5.74) is 0.0481. The van der Waals surface area contributed by atoms with Crippen molar-refractivity contribution >= 4 is 5.69 Å². The fourth-order valence-electron chi connectivity index (χ4n) is 2.01. The lowest BCUT2D eigenvalue weighted by atomic mass is 10.1. The molecule has 0 radical (unpaired) electrons. The molecule has 0 aromatic heterocycles. The standard InChI is InChI=1S/C12H17FN2O/c1-12(16)8-14-5-6-15(9-12)11-4-2-3-10(13)7-11/h2-4,7,14,16H,5-6,8-9H2,1H3. The van der Waals surface area contributed by atoms with Gasteiger partial charge in [-0.25, -0.2) is 4.39 Å². The SMILES string of the molecule is CC1(O)CNCCN(c2cccc(F)c2)C1. The number of β-amino-alcohol motifs (C(OH)–C–C–N with tert-alkyl or cyclic N) is 1. The van der Waals surface area contributed by atoms with Gasteiger partial charge in [0.2, 0.25) is 0 Å². The molecule has 16 heavy (non-hydrogen) atoms. The molecule has 0 aliphatic carbocycles. The molecule has 1 heterocycles. The highest BCUT2D eigenvalue weighted by Crippen LogP contribution is 2.19. The molecule has 2 N–H and O–H groups in total. The Balaban J connectivity index is 2.19. The molecule has 1 aromatic carbocycles. The molecule has 1 saturated heterocycles. The Morgan fingerprint density at radius 2 is 2.31 bits per heavy atom. The van der Waals surface area contributed by atoms with Crippen LogP contribution in [0.3, 0.4) is 0 Å². The van der Waals surface area contributed by atoms with Crippen molar-refractivity contribution in [3.8, 4) is 0 Å².